The van der Waals surface area contributed by atoms with E-state index in [1.807, 2.05) is 24.8 Å². The third-order valence-electron chi connectivity index (χ3n) is 5.32. The summed E-state index contributed by atoms with van der Waals surface area (Å²) in [7, 11) is 0. The van der Waals surface area contributed by atoms with Crippen LogP contribution in [0.2, 0.25) is 0 Å². The maximum atomic E-state index is 13.6. The van der Waals surface area contributed by atoms with E-state index in [0.29, 0.717) is 24.5 Å². The molecule has 1 N–H and O–H groups in total. The van der Waals surface area contributed by atoms with Crippen LogP contribution in [0.1, 0.15) is 60.5 Å². The minimum Gasteiger partial charge on any atom is -0.447 e. The van der Waals surface area contributed by atoms with Crippen molar-refractivity contribution in [3.05, 3.63) is 59.8 Å². The van der Waals surface area contributed by atoms with Crippen LogP contribution in [0.5, 0.6) is 0 Å². The lowest BCUT2D eigenvalue weighted by atomic mass is 9.89. The summed E-state index contributed by atoms with van der Waals surface area (Å²) < 4.78 is 19.0. The van der Waals surface area contributed by atoms with Gasteiger partial charge >= 0.3 is 0 Å². The van der Waals surface area contributed by atoms with Crippen LogP contribution in [-0.2, 0) is 0 Å². The number of nitrogens with one attached hydrogen (secondary N) is 1. The van der Waals surface area contributed by atoms with Gasteiger partial charge in [-0.2, -0.15) is 5.10 Å². The molecule has 3 aromatic rings. The summed E-state index contributed by atoms with van der Waals surface area (Å²) in [5, 5.41) is 7.26. The number of nitrogens with zero attached hydrogens (tertiary/aromatic N) is 3. The fourth-order valence-electron chi connectivity index (χ4n) is 3.84. The van der Waals surface area contributed by atoms with Gasteiger partial charge in [0.05, 0.1) is 6.20 Å². The molecule has 146 valence electrons. The average molecular weight is 382 g/mol. The van der Waals surface area contributed by atoms with Gasteiger partial charge in [-0.05, 0) is 30.5 Å². The summed E-state index contributed by atoms with van der Waals surface area (Å²) >= 11 is 0. The first-order valence-corrected chi connectivity index (χ1v) is 9.56. The Morgan fingerprint density at radius 2 is 2.11 bits per heavy atom. The van der Waals surface area contributed by atoms with E-state index in [0.717, 1.165) is 29.7 Å². The molecule has 7 heteroatoms. The number of halogens is 1. The predicted molar refractivity (Wildman–Crippen MR) is 102 cm³/mol. The summed E-state index contributed by atoms with van der Waals surface area (Å²) in [6, 6.07) is 6.54. The molecule has 0 radical (unpaired) electrons. The number of amides is 1. The molecule has 2 aromatic heterocycles. The lowest BCUT2D eigenvalue weighted by molar-refractivity contribution is 0.0704. The van der Waals surface area contributed by atoms with Crippen molar-refractivity contribution in [2.75, 3.05) is 13.1 Å². The quantitative estimate of drug-likeness (QED) is 0.728. The van der Waals surface area contributed by atoms with Gasteiger partial charge in [-0.3, -0.25) is 9.89 Å². The van der Waals surface area contributed by atoms with Crippen molar-refractivity contribution in [2.24, 2.45) is 0 Å². The normalized spacial score (nSPS) is 15.4. The molecule has 1 saturated heterocycles. The Hall–Kier alpha value is -2.96. The zero-order chi connectivity index (χ0) is 19.7. The molecule has 6 nitrogen and oxygen atoms in total. The van der Waals surface area contributed by atoms with E-state index in [1.54, 1.807) is 12.3 Å². The molecule has 0 spiro atoms. The average Bonchev–Trinajstić information content (AvgIpc) is 3.37. The zero-order valence-electron chi connectivity index (χ0n) is 16.0. The van der Waals surface area contributed by atoms with Gasteiger partial charge in [-0.25, -0.2) is 9.37 Å². The van der Waals surface area contributed by atoms with E-state index in [-0.39, 0.29) is 23.6 Å². The molecule has 1 aliphatic rings. The minimum atomic E-state index is -0.265. The van der Waals surface area contributed by atoms with Gasteiger partial charge in [0.25, 0.3) is 5.91 Å². The highest BCUT2D eigenvalue weighted by atomic mass is 19.1. The summed E-state index contributed by atoms with van der Waals surface area (Å²) in [6.45, 7) is 5.23. The molecule has 0 saturated carbocycles. The number of aromatic nitrogens is 3. The van der Waals surface area contributed by atoms with Gasteiger partial charge < -0.3 is 9.32 Å². The molecule has 1 amide bonds. The van der Waals surface area contributed by atoms with Gasteiger partial charge in [0.15, 0.2) is 12.1 Å². The Balaban J connectivity index is 1.48. The van der Waals surface area contributed by atoms with Crippen molar-refractivity contribution in [1.29, 1.82) is 0 Å². The van der Waals surface area contributed by atoms with E-state index < -0.39 is 0 Å². The van der Waals surface area contributed by atoms with Crippen LogP contribution in [0.15, 0.2) is 41.3 Å². The number of hydrogen-bond donors (Lipinski definition) is 1. The van der Waals surface area contributed by atoms with Crippen molar-refractivity contribution in [3.63, 3.8) is 0 Å². The fraction of sp³-hybridized carbons (Fsp3) is 0.381. The number of likely N-dealkylation sites (tertiary alicyclic amines) is 1. The maximum absolute atomic E-state index is 13.6. The van der Waals surface area contributed by atoms with Crippen molar-refractivity contribution >= 4 is 5.91 Å². The highest BCUT2D eigenvalue weighted by Gasteiger charge is 2.30. The van der Waals surface area contributed by atoms with Crippen LogP contribution in [0.4, 0.5) is 4.39 Å². The molecule has 28 heavy (non-hydrogen) atoms. The summed E-state index contributed by atoms with van der Waals surface area (Å²) in [4.78, 5) is 18.8. The SMILES string of the molecule is CC(C)c1ocnc1C(=O)N1CCC(c2[nH]ncc2-c2cccc(F)c2)CC1. The van der Waals surface area contributed by atoms with E-state index in [2.05, 4.69) is 15.2 Å². The molecular formula is C21H23FN4O2. The Morgan fingerprint density at radius 3 is 2.82 bits per heavy atom. The number of H-pyrrole nitrogens is 1. The number of oxazole rings is 1. The van der Waals surface area contributed by atoms with Gasteiger partial charge in [-0.15, -0.1) is 0 Å². The summed E-state index contributed by atoms with van der Waals surface area (Å²) in [6.07, 6.45) is 4.70. The van der Waals surface area contributed by atoms with Crippen LogP contribution in [0.25, 0.3) is 11.1 Å². The van der Waals surface area contributed by atoms with Crippen molar-refractivity contribution in [1.82, 2.24) is 20.1 Å². The lowest BCUT2D eigenvalue weighted by Gasteiger charge is -2.31. The Morgan fingerprint density at radius 1 is 1.32 bits per heavy atom. The monoisotopic (exact) mass is 382 g/mol. The fourth-order valence-corrected chi connectivity index (χ4v) is 3.84. The Labute approximate surface area is 162 Å². The minimum absolute atomic E-state index is 0.0779. The maximum Gasteiger partial charge on any atom is 0.276 e. The molecule has 0 bridgehead atoms. The molecule has 0 aliphatic carbocycles. The predicted octanol–water partition coefficient (Wildman–Crippen LogP) is 4.35. The molecule has 1 fully saturated rings. The first-order chi connectivity index (χ1) is 13.5. The Bertz CT molecular complexity index is 970. The first kappa shape index (κ1) is 18.4. The van der Waals surface area contributed by atoms with Crippen LogP contribution in [-0.4, -0.2) is 39.1 Å². The Kier molecular flexibility index (Phi) is 4.98. The standard InChI is InChI=1S/C21H23FN4O2/c1-13(2)20-19(23-12-28-20)21(27)26-8-6-14(7-9-26)18-17(11-24-25-18)15-4-3-5-16(22)10-15/h3-5,10-14H,6-9H2,1-2H3,(H,24,25). The second-order valence-electron chi connectivity index (χ2n) is 7.49. The number of carbonyl (C=O) groups is 1. The third kappa shape index (κ3) is 3.44. The number of carbonyl (C=O) groups excluding carboxylic acids is 1. The smallest absolute Gasteiger partial charge is 0.276 e. The summed E-state index contributed by atoms with van der Waals surface area (Å²) in [5.41, 5.74) is 3.15. The number of piperidine rings is 1. The third-order valence-corrected chi connectivity index (χ3v) is 5.32. The number of hydrogen-bond acceptors (Lipinski definition) is 4. The van der Waals surface area contributed by atoms with Crippen LogP contribution in [0, 0.1) is 5.82 Å². The van der Waals surface area contributed by atoms with E-state index in [4.69, 9.17) is 4.42 Å². The second kappa shape index (κ2) is 7.58. The van der Waals surface area contributed by atoms with Gasteiger partial charge in [0, 0.05) is 36.2 Å². The highest BCUT2D eigenvalue weighted by Crippen LogP contribution is 2.34. The molecule has 4 rings (SSSR count). The zero-order valence-corrected chi connectivity index (χ0v) is 16.0. The van der Waals surface area contributed by atoms with Gasteiger partial charge in [0.2, 0.25) is 0 Å². The van der Waals surface area contributed by atoms with E-state index >= 15 is 0 Å². The van der Waals surface area contributed by atoms with Crippen molar-refractivity contribution < 1.29 is 13.6 Å². The molecule has 1 aliphatic heterocycles. The van der Waals surface area contributed by atoms with Crippen LogP contribution >= 0.6 is 0 Å². The van der Waals surface area contributed by atoms with Gasteiger partial charge in [-0.1, -0.05) is 26.0 Å². The van der Waals surface area contributed by atoms with Crippen LogP contribution in [0.3, 0.4) is 0 Å². The molecule has 0 atom stereocenters. The number of aromatic amines is 1. The largest absolute Gasteiger partial charge is 0.447 e. The molecule has 3 heterocycles. The van der Waals surface area contributed by atoms with Crippen LogP contribution < -0.4 is 0 Å². The molecule has 1 aromatic carbocycles. The summed E-state index contributed by atoms with van der Waals surface area (Å²) in [5.74, 6) is 0.642. The molecular weight excluding hydrogens is 359 g/mol. The first-order valence-electron chi connectivity index (χ1n) is 9.56. The lowest BCUT2D eigenvalue weighted by Crippen LogP contribution is -2.38. The topological polar surface area (TPSA) is 75.0 Å². The molecule has 0 unspecified atom stereocenters. The van der Waals surface area contributed by atoms with E-state index in [9.17, 15) is 9.18 Å². The van der Waals surface area contributed by atoms with Crippen molar-refractivity contribution in [3.8, 4) is 11.1 Å². The van der Waals surface area contributed by atoms with Crippen molar-refractivity contribution in [2.45, 2.75) is 38.5 Å². The number of benzene rings is 1. The highest BCUT2D eigenvalue weighted by molar-refractivity contribution is 5.93. The van der Waals surface area contributed by atoms with Gasteiger partial charge in [0.1, 0.15) is 11.6 Å². The van der Waals surface area contributed by atoms with E-state index in [1.165, 1.54) is 18.5 Å². The number of rotatable bonds is 4. The second-order valence-corrected chi connectivity index (χ2v) is 7.49.